The Kier molecular flexibility index (Phi) is 15.6. The van der Waals surface area contributed by atoms with Crippen LogP contribution in [0.2, 0.25) is 0 Å². The summed E-state index contributed by atoms with van der Waals surface area (Å²) in [6.07, 6.45) is 1.26. The van der Waals surface area contributed by atoms with Crippen LogP contribution in [0.3, 0.4) is 0 Å². The SMILES string of the molecule is [Cl-].[Cl-].[Mg+2].[Mg+2].[O-]c1ncc(Sc2ccccc2)c([O-])n1. The van der Waals surface area contributed by atoms with Crippen molar-refractivity contribution < 1.29 is 35.0 Å². The quantitative estimate of drug-likeness (QED) is 0.510. The fraction of sp³-hybridized carbons (Fsp3) is 0. The molecule has 0 amide bonds. The van der Waals surface area contributed by atoms with Crippen LogP contribution in [0.1, 0.15) is 0 Å². The van der Waals surface area contributed by atoms with E-state index in [1.165, 1.54) is 18.0 Å². The topological polar surface area (TPSA) is 71.9 Å². The number of aromatic nitrogens is 2. The summed E-state index contributed by atoms with van der Waals surface area (Å²) in [6.45, 7) is 0. The smallest absolute Gasteiger partial charge is 1.00 e. The van der Waals surface area contributed by atoms with E-state index >= 15 is 0 Å². The van der Waals surface area contributed by atoms with Gasteiger partial charge in [0.1, 0.15) is 0 Å². The van der Waals surface area contributed by atoms with Gasteiger partial charge < -0.3 is 35.0 Å². The monoisotopic (exact) mass is 336 g/mol. The number of halogens is 2. The molecule has 9 heteroatoms. The molecule has 0 unspecified atom stereocenters. The Morgan fingerprint density at radius 3 is 2.05 bits per heavy atom. The molecule has 0 aliphatic carbocycles. The van der Waals surface area contributed by atoms with Crippen molar-refractivity contribution in [3.05, 3.63) is 36.5 Å². The van der Waals surface area contributed by atoms with E-state index in [2.05, 4.69) is 9.97 Å². The normalized spacial score (nSPS) is 8.00. The van der Waals surface area contributed by atoms with Crippen molar-refractivity contribution in [1.29, 1.82) is 0 Å². The maximum atomic E-state index is 11.3. The second kappa shape index (κ2) is 12.1. The summed E-state index contributed by atoms with van der Waals surface area (Å²) in [5, 5.41) is 21.9. The fourth-order valence-corrected chi connectivity index (χ4v) is 1.81. The molecule has 0 aliphatic heterocycles. The van der Waals surface area contributed by atoms with Crippen LogP contribution >= 0.6 is 11.8 Å². The summed E-state index contributed by atoms with van der Waals surface area (Å²) < 4.78 is 0. The van der Waals surface area contributed by atoms with Gasteiger partial charge in [-0.05, 0) is 12.1 Å². The van der Waals surface area contributed by atoms with Crippen LogP contribution in [0.4, 0.5) is 0 Å². The molecule has 0 saturated carbocycles. The zero-order valence-electron chi connectivity index (χ0n) is 9.75. The van der Waals surface area contributed by atoms with Gasteiger partial charge in [0.05, 0.1) is 6.01 Å². The number of nitrogens with zero attached hydrogens (tertiary/aromatic N) is 2. The largest absolute Gasteiger partial charge is 2.00 e. The Hall–Kier alpha value is 0.362. The van der Waals surface area contributed by atoms with E-state index in [-0.39, 0.29) is 70.9 Å². The minimum absolute atomic E-state index is 0. The van der Waals surface area contributed by atoms with E-state index in [1.807, 2.05) is 30.3 Å². The Balaban J connectivity index is -0.000000640. The molecule has 2 aromatic rings. The Morgan fingerprint density at radius 2 is 1.53 bits per heavy atom. The molecule has 1 aromatic carbocycles. The van der Waals surface area contributed by atoms with Crippen LogP contribution in [-0.4, -0.2) is 56.1 Å². The first-order valence-electron chi connectivity index (χ1n) is 4.19. The van der Waals surface area contributed by atoms with Crippen LogP contribution in [0.5, 0.6) is 11.9 Å². The van der Waals surface area contributed by atoms with Crippen LogP contribution < -0.4 is 35.0 Å². The van der Waals surface area contributed by atoms with Crippen LogP contribution in [0, 0.1) is 0 Å². The third kappa shape index (κ3) is 7.64. The van der Waals surface area contributed by atoms with Crippen molar-refractivity contribution in [1.82, 2.24) is 9.97 Å². The molecule has 0 spiro atoms. The molecule has 0 saturated heterocycles. The predicted octanol–water partition coefficient (Wildman–Crippen LogP) is -5.98. The van der Waals surface area contributed by atoms with Gasteiger partial charge in [0, 0.05) is 21.9 Å². The van der Waals surface area contributed by atoms with Gasteiger partial charge >= 0.3 is 46.1 Å². The molecule has 0 radical (unpaired) electrons. The summed E-state index contributed by atoms with van der Waals surface area (Å²) >= 11 is 1.25. The van der Waals surface area contributed by atoms with Gasteiger partial charge in [-0.15, -0.1) is 0 Å². The second-order valence-corrected chi connectivity index (χ2v) is 3.85. The van der Waals surface area contributed by atoms with Crippen molar-refractivity contribution in [2.45, 2.75) is 9.79 Å². The summed E-state index contributed by atoms with van der Waals surface area (Å²) in [5.41, 5.74) is 0. The van der Waals surface area contributed by atoms with Crippen LogP contribution in [0.15, 0.2) is 46.3 Å². The van der Waals surface area contributed by atoms with Gasteiger partial charge in [-0.1, -0.05) is 30.0 Å². The van der Waals surface area contributed by atoms with Crippen molar-refractivity contribution in [2.24, 2.45) is 0 Å². The third-order valence-electron chi connectivity index (χ3n) is 1.67. The molecule has 0 fully saturated rings. The summed E-state index contributed by atoms with van der Waals surface area (Å²) in [4.78, 5) is 7.95. The third-order valence-corrected chi connectivity index (χ3v) is 2.68. The number of benzene rings is 1. The first-order chi connectivity index (χ1) is 7.25. The fourth-order valence-electron chi connectivity index (χ4n) is 1.03. The number of hydrogen-bond acceptors (Lipinski definition) is 5. The van der Waals surface area contributed by atoms with E-state index in [1.54, 1.807) is 0 Å². The molecule has 2 rings (SSSR count). The number of rotatable bonds is 2. The molecule has 1 aromatic heterocycles. The number of hydrogen-bond donors (Lipinski definition) is 0. The zero-order valence-corrected chi connectivity index (χ0v) is 14.9. The van der Waals surface area contributed by atoms with Crippen LogP contribution in [-0.2, 0) is 0 Å². The molecule has 92 valence electrons. The maximum absolute atomic E-state index is 11.3. The molecule has 19 heavy (non-hydrogen) atoms. The van der Waals surface area contributed by atoms with Crippen molar-refractivity contribution in [2.75, 3.05) is 0 Å². The van der Waals surface area contributed by atoms with E-state index in [4.69, 9.17) is 0 Å². The van der Waals surface area contributed by atoms with Crippen molar-refractivity contribution >= 4 is 57.9 Å². The van der Waals surface area contributed by atoms with Gasteiger partial charge in [-0.2, -0.15) is 0 Å². The van der Waals surface area contributed by atoms with Gasteiger partial charge in [-0.3, -0.25) is 9.97 Å². The van der Waals surface area contributed by atoms with Crippen molar-refractivity contribution in [3.8, 4) is 11.9 Å². The molecule has 0 aliphatic rings. The molecular weight excluding hydrogens is 332 g/mol. The standard InChI is InChI=1S/C10H8N2O2S.2ClH.2Mg/c13-9-8(6-11-10(14)12-9)15-7-4-2-1-3-5-7;;;;/h1-6H,(H2,11,12,13,14);2*1H;;/q;;;2*+2/p-4. The average Bonchev–Trinajstić information content (AvgIpc) is 2.24. The second-order valence-electron chi connectivity index (χ2n) is 2.74. The first kappa shape index (κ1) is 24.4. The van der Waals surface area contributed by atoms with E-state index in [0.717, 1.165) is 4.90 Å². The summed E-state index contributed by atoms with van der Waals surface area (Å²) in [5.74, 6) is -0.524. The molecule has 1 heterocycles. The Labute approximate surface area is 159 Å². The minimum Gasteiger partial charge on any atom is -1.00 e. The Morgan fingerprint density at radius 1 is 0.947 bits per heavy atom. The van der Waals surface area contributed by atoms with Crippen molar-refractivity contribution in [3.63, 3.8) is 0 Å². The summed E-state index contributed by atoms with van der Waals surface area (Å²) in [6, 6.07) is 8.63. The molecule has 4 nitrogen and oxygen atoms in total. The Bertz CT molecular complexity index is 480. The van der Waals surface area contributed by atoms with E-state index in [9.17, 15) is 10.2 Å². The molecule has 0 bridgehead atoms. The molecule has 0 atom stereocenters. The van der Waals surface area contributed by atoms with E-state index < -0.39 is 11.9 Å². The van der Waals surface area contributed by atoms with Gasteiger partial charge in [-0.25, -0.2) is 0 Å². The molecule has 0 N–H and O–H groups in total. The molecular formula is C10H6Cl2Mg2N2O2S. The maximum Gasteiger partial charge on any atom is 2.00 e. The minimum atomic E-state index is -0.739. The predicted molar refractivity (Wildman–Crippen MR) is 63.0 cm³/mol. The van der Waals surface area contributed by atoms with Gasteiger partial charge in [0.2, 0.25) is 0 Å². The van der Waals surface area contributed by atoms with Gasteiger partial charge in [0.25, 0.3) is 0 Å². The first-order valence-corrected chi connectivity index (χ1v) is 5.01. The van der Waals surface area contributed by atoms with E-state index in [0.29, 0.717) is 4.90 Å². The van der Waals surface area contributed by atoms with Gasteiger partial charge in [0.15, 0.2) is 0 Å². The zero-order chi connectivity index (χ0) is 10.7. The summed E-state index contributed by atoms with van der Waals surface area (Å²) in [7, 11) is 0. The average molecular weight is 338 g/mol. The van der Waals surface area contributed by atoms with Crippen LogP contribution in [0.25, 0.3) is 0 Å².